The van der Waals surface area contributed by atoms with Gasteiger partial charge in [-0.25, -0.2) is 0 Å². The van der Waals surface area contributed by atoms with Crippen LogP contribution < -0.4 is 10.2 Å². The van der Waals surface area contributed by atoms with Gasteiger partial charge >= 0.3 is 7.12 Å². The highest BCUT2D eigenvalue weighted by Gasteiger charge is 2.18. The van der Waals surface area contributed by atoms with Crippen LogP contribution in [-0.4, -0.2) is 24.3 Å². The lowest BCUT2D eigenvalue weighted by Crippen LogP contribution is -2.31. The molecule has 0 heterocycles. The summed E-state index contributed by atoms with van der Waals surface area (Å²) in [7, 11) is 0.117. The van der Waals surface area contributed by atoms with Crippen LogP contribution in [-0.2, 0) is 0 Å². The number of hydrogen-bond donors (Lipinski definition) is 2. The molecule has 21 heavy (non-hydrogen) atoms. The molecule has 0 fully saturated rings. The van der Waals surface area contributed by atoms with Gasteiger partial charge in [0.1, 0.15) is 5.75 Å². The Balaban J connectivity index is 2.34. The van der Waals surface area contributed by atoms with Gasteiger partial charge in [-0.3, -0.25) is 0 Å². The van der Waals surface area contributed by atoms with Gasteiger partial charge in [0.15, 0.2) is 0 Å². The Morgan fingerprint density at radius 3 is 2.33 bits per heavy atom. The second-order valence-corrected chi connectivity index (χ2v) is 4.86. The van der Waals surface area contributed by atoms with Gasteiger partial charge in [-0.1, -0.05) is 48.5 Å². The molecule has 0 aliphatic carbocycles. The number of rotatable bonds is 3. The van der Waals surface area contributed by atoms with Crippen molar-refractivity contribution >= 4 is 23.4 Å². The minimum atomic E-state index is -1.51. The van der Waals surface area contributed by atoms with E-state index >= 15 is 0 Å². The van der Waals surface area contributed by atoms with E-state index < -0.39 is 7.12 Å². The van der Waals surface area contributed by atoms with Gasteiger partial charge in [0.05, 0.1) is 7.11 Å². The third kappa shape index (κ3) is 2.51. The Labute approximate surface area is 123 Å². The molecule has 3 rings (SSSR count). The molecule has 0 radical (unpaired) electrons. The van der Waals surface area contributed by atoms with Crippen LogP contribution in [0.25, 0.3) is 21.9 Å². The molecule has 0 unspecified atom stereocenters. The van der Waals surface area contributed by atoms with Gasteiger partial charge in [0.2, 0.25) is 0 Å². The van der Waals surface area contributed by atoms with E-state index in [-0.39, 0.29) is 0 Å². The van der Waals surface area contributed by atoms with Gasteiger partial charge in [-0.15, -0.1) is 0 Å². The van der Waals surface area contributed by atoms with Crippen molar-refractivity contribution in [1.82, 2.24) is 0 Å². The van der Waals surface area contributed by atoms with Gasteiger partial charge in [-0.2, -0.15) is 0 Å². The zero-order valence-corrected chi connectivity index (χ0v) is 11.7. The minimum Gasteiger partial charge on any atom is -0.497 e. The molecule has 0 amide bonds. The van der Waals surface area contributed by atoms with E-state index in [1.54, 1.807) is 19.2 Å². The maximum absolute atomic E-state index is 9.59. The Morgan fingerprint density at radius 1 is 0.857 bits per heavy atom. The Bertz CT molecular complexity index is 784. The average molecular weight is 278 g/mol. The fraction of sp³-hybridized carbons (Fsp3) is 0.0588. The minimum absolute atomic E-state index is 0.482. The first-order chi connectivity index (χ1) is 10.2. The number of hydrogen-bond acceptors (Lipinski definition) is 3. The summed E-state index contributed by atoms with van der Waals surface area (Å²) in [5.74, 6) is 0.742. The fourth-order valence-electron chi connectivity index (χ4n) is 2.59. The van der Waals surface area contributed by atoms with E-state index in [2.05, 4.69) is 0 Å². The van der Waals surface area contributed by atoms with E-state index in [0.717, 1.165) is 27.6 Å². The number of ether oxygens (including phenoxy) is 1. The lowest BCUT2D eigenvalue weighted by molar-refractivity contribution is 0.415. The van der Waals surface area contributed by atoms with Crippen molar-refractivity contribution in [2.75, 3.05) is 7.11 Å². The van der Waals surface area contributed by atoms with E-state index in [9.17, 15) is 10.0 Å². The molecular weight excluding hydrogens is 263 g/mol. The molecule has 104 valence electrons. The maximum atomic E-state index is 9.59. The summed E-state index contributed by atoms with van der Waals surface area (Å²) >= 11 is 0. The Morgan fingerprint density at radius 2 is 1.57 bits per heavy atom. The molecule has 0 atom stereocenters. The van der Waals surface area contributed by atoms with E-state index in [4.69, 9.17) is 4.74 Å². The van der Waals surface area contributed by atoms with Crippen molar-refractivity contribution in [3.63, 3.8) is 0 Å². The quantitative estimate of drug-likeness (QED) is 0.722. The molecule has 3 nitrogen and oxygen atoms in total. The molecule has 0 bridgehead atoms. The molecule has 0 aliphatic heterocycles. The van der Waals surface area contributed by atoms with Crippen LogP contribution in [0.2, 0.25) is 0 Å². The van der Waals surface area contributed by atoms with Gasteiger partial charge in [-0.05, 0) is 39.5 Å². The highest BCUT2D eigenvalue weighted by atomic mass is 16.5. The fourth-order valence-corrected chi connectivity index (χ4v) is 2.59. The standard InChI is InChI=1S/C17H15BO3/c1-21-13-10-12-6-2-3-7-14(12)16(11-13)15-8-4-5-9-17(15)18(19)20/h2-11,19-20H,1H3. The third-order valence-corrected chi connectivity index (χ3v) is 3.60. The van der Waals surface area contributed by atoms with Crippen molar-refractivity contribution in [3.8, 4) is 16.9 Å². The highest BCUT2D eigenvalue weighted by molar-refractivity contribution is 6.60. The zero-order valence-electron chi connectivity index (χ0n) is 11.7. The van der Waals surface area contributed by atoms with Gasteiger partial charge in [0, 0.05) is 0 Å². The van der Waals surface area contributed by atoms with Crippen molar-refractivity contribution < 1.29 is 14.8 Å². The first-order valence-corrected chi connectivity index (χ1v) is 6.73. The number of methoxy groups -OCH3 is 1. The molecule has 3 aromatic rings. The van der Waals surface area contributed by atoms with E-state index in [1.807, 2.05) is 48.5 Å². The monoisotopic (exact) mass is 278 g/mol. The molecule has 0 spiro atoms. The Kier molecular flexibility index (Phi) is 3.65. The van der Waals surface area contributed by atoms with E-state index in [0.29, 0.717) is 5.46 Å². The molecule has 3 aromatic carbocycles. The summed E-state index contributed by atoms with van der Waals surface area (Å²) in [6.07, 6.45) is 0. The average Bonchev–Trinajstić information content (AvgIpc) is 2.53. The van der Waals surface area contributed by atoms with Crippen LogP contribution in [0, 0.1) is 0 Å². The smallest absolute Gasteiger partial charge is 0.489 e. The predicted molar refractivity (Wildman–Crippen MR) is 85.8 cm³/mol. The summed E-state index contributed by atoms with van der Waals surface area (Å²) in [5, 5.41) is 21.3. The maximum Gasteiger partial charge on any atom is 0.489 e. The van der Waals surface area contributed by atoms with Gasteiger partial charge < -0.3 is 14.8 Å². The van der Waals surface area contributed by atoms with Crippen molar-refractivity contribution in [1.29, 1.82) is 0 Å². The molecule has 0 saturated heterocycles. The van der Waals surface area contributed by atoms with Crippen LogP contribution in [0.1, 0.15) is 0 Å². The molecule has 4 heteroatoms. The van der Waals surface area contributed by atoms with Crippen molar-refractivity contribution in [2.45, 2.75) is 0 Å². The van der Waals surface area contributed by atoms with Crippen LogP contribution in [0.15, 0.2) is 60.7 Å². The summed E-state index contributed by atoms with van der Waals surface area (Å²) in [5.41, 5.74) is 2.20. The van der Waals surface area contributed by atoms with Crippen LogP contribution in [0.3, 0.4) is 0 Å². The molecule has 0 aromatic heterocycles. The summed E-state index contributed by atoms with van der Waals surface area (Å²) in [4.78, 5) is 0. The SMILES string of the molecule is COc1cc(-c2ccccc2B(O)O)c2ccccc2c1. The second kappa shape index (κ2) is 5.60. The number of fused-ring (bicyclic) bond motifs is 1. The van der Waals surface area contributed by atoms with Crippen LogP contribution in [0.5, 0.6) is 5.75 Å². The lowest BCUT2D eigenvalue weighted by atomic mass is 9.75. The van der Waals surface area contributed by atoms with Gasteiger partial charge in [0.25, 0.3) is 0 Å². The first-order valence-electron chi connectivity index (χ1n) is 6.73. The zero-order chi connectivity index (χ0) is 14.8. The summed E-state index contributed by atoms with van der Waals surface area (Å²) in [6.45, 7) is 0. The topological polar surface area (TPSA) is 49.7 Å². The second-order valence-electron chi connectivity index (χ2n) is 4.86. The number of benzene rings is 3. The first kappa shape index (κ1) is 13.7. The molecular formula is C17H15BO3. The molecule has 0 aliphatic rings. The molecule has 0 saturated carbocycles. The summed E-state index contributed by atoms with van der Waals surface area (Å²) in [6, 6.07) is 19.1. The largest absolute Gasteiger partial charge is 0.497 e. The lowest BCUT2D eigenvalue weighted by Gasteiger charge is -2.13. The Hall–Kier alpha value is -2.30. The van der Waals surface area contributed by atoms with Crippen molar-refractivity contribution in [3.05, 3.63) is 60.7 Å². The van der Waals surface area contributed by atoms with E-state index in [1.165, 1.54) is 0 Å². The van der Waals surface area contributed by atoms with Crippen molar-refractivity contribution in [2.24, 2.45) is 0 Å². The molecule has 2 N–H and O–H groups in total. The normalized spacial score (nSPS) is 10.6. The van der Waals surface area contributed by atoms with Crippen LogP contribution >= 0.6 is 0 Å². The highest BCUT2D eigenvalue weighted by Crippen LogP contribution is 2.32. The third-order valence-electron chi connectivity index (χ3n) is 3.60. The van der Waals surface area contributed by atoms with Crippen LogP contribution in [0.4, 0.5) is 0 Å². The summed E-state index contributed by atoms with van der Waals surface area (Å²) < 4.78 is 5.36. The predicted octanol–water partition coefficient (Wildman–Crippen LogP) is 2.20.